The number of hydrogen-bond acceptors (Lipinski definition) is 7. The molecule has 4 atom stereocenters. The third-order valence-corrected chi connectivity index (χ3v) is 8.87. The van der Waals surface area contributed by atoms with Gasteiger partial charge in [0, 0.05) is 44.3 Å². The number of aryl methyl sites for hydroxylation is 2. The molecule has 1 saturated carbocycles. The number of aliphatic imine (C=N–C) groups is 1. The second-order valence-corrected chi connectivity index (χ2v) is 12.8. The van der Waals surface area contributed by atoms with Crippen LogP contribution in [0.3, 0.4) is 0 Å². The van der Waals surface area contributed by atoms with Crippen LogP contribution in [0.25, 0.3) is 0 Å². The first-order valence-electron chi connectivity index (χ1n) is 16.9. The van der Waals surface area contributed by atoms with Crippen LogP contribution in [0.1, 0.15) is 68.9 Å². The third kappa shape index (κ3) is 11.6. The molecule has 0 radical (unpaired) electrons. The molecule has 2 aromatic carbocycles. The predicted molar refractivity (Wildman–Crippen MR) is 181 cm³/mol. The number of carbonyl (C=O) groups excluding carboxylic acids is 5. The maximum absolute atomic E-state index is 14.0. The van der Waals surface area contributed by atoms with Gasteiger partial charge in [-0.1, -0.05) is 60.7 Å². The number of nitrogens with one attached hydrogen (secondary N) is 2. The lowest BCUT2D eigenvalue weighted by Gasteiger charge is -2.29. The molecule has 1 saturated heterocycles. The van der Waals surface area contributed by atoms with Gasteiger partial charge in [0.1, 0.15) is 6.04 Å². The lowest BCUT2D eigenvalue weighted by atomic mass is 9.90. The second-order valence-electron chi connectivity index (χ2n) is 12.8. The Bertz CT molecular complexity index is 1430. The van der Waals surface area contributed by atoms with Crippen LogP contribution in [0, 0.1) is 5.92 Å². The van der Waals surface area contributed by atoms with E-state index in [0.717, 1.165) is 24.0 Å². The largest absolute Gasteiger partial charge is 0.391 e. The Balaban J connectivity index is 1.42. The van der Waals surface area contributed by atoms with Gasteiger partial charge >= 0.3 is 0 Å². The van der Waals surface area contributed by atoms with Gasteiger partial charge in [-0.15, -0.1) is 0 Å². The number of guanidine groups is 1. The molecule has 4 rings (SSSR count). The number of nitrogens with zero attached hydrogens (tertiary/aromatic N) is 2. The lowest BCUT2D eigenvalue weighted by Crippen LogP contribution is -2.52. The molecule has 0 unspecified atom stereocenters. The van der Waals surface area contributed by atoms with Crippen LogP contribution in [0.2, 0.25) is 0 Å². The van der Waals surface area contributed by atoms with Gasteiger partial charge in [0.25, 0.3) is 5.91 Å². The lowest BCUT2D eigenvalue weighted by molar-refractivity contribution is -0.142. The Labute approximate surface area is 281 Å². The standard InChI is InChI=1S/C36H48N6O6/c37-36(38)39-21-7-12-26(33(46)34(47)40-27-16-17-27)15-19-31(44)30-22-28(43)23-42(30)35(48)29(18-13-24-8-3-1-4-9-24)41-32(45)20-14-25-10-5-2-6-11-25/h1-6,8-11,26-30,43H,7,12-23H2,(H,40,47)(H,41,45)(H4,37,38,39)/t26-,28-,29+,30+/m1/s1. The minimum atomic E-state index is -0.911. The Morgan fingerprint density at radius 2 is 1.52 bits per heavy atom. The van der Waals surface area contributed by atoms with Crippen LogP contribution in [-0.2, 0) is 36.8 Å². The maximum Gasteiger partial charge on any atom is 0.287 e. The van der Waals surface area contributed by atoms with E-state index in [9.17, 15) is 29.1 Å². The predicted octanol–water partition coefficient (Wildman–Crippen LogP) is 1.57. The van der Waals surface area contributed by atoms with Gasteiger partial charge in [-0.2, -0.15) is 0 Å². The van der Waals surface area contributed by atoms with E-state index in [1.54, 1.807) is 0 Å². The maximum atomic E-state index is 14.0. The van der Waals surface area contributed by atoms with E-state index in [4.69, 9.17) is 11.5 Å². The molecule has 12 nitrogen and oxygen atoms in total. The van der Waals surface area contributed by atoms with Crippen molar-refractivity contribution in [1.82, 2.24) is 15.5 Å². The molecular weight excluding hydrogens is 612 g/mol. The summed E-state index contributed by atoms with van der Waals surface area (Å²) in [6.45, 7) is 0.241. The summed E-state index contributed by atoms with van der Waals surface area (Å²) in [5.41, 5.74) is 12.8. The number of hydrogen-bond donors (Lipinski definition) is 5. The van der Waals surface area contributed by atoms with Crippen molar-refractivity contribution in [2.45, 2.75) is 94.9 Å². The van der Waals surface area contributed by atoms with E-state index in [-0.39, 0.29) is 62.5 Å². The SMILES string of the molecule is NC(N)=NCCC[C@H](CCC(=O)[C@@H]1C[C@@H](O)CN1C(=O)[C@H](CCc1ccccc1)NC(=O)CCc1ccccc1)C(=O)C(=O)NC1CC1. The van der Waals surface area contributed by atoms with Crippen molar-refractivity contribution in [3.8, 4) is 0 Å². The number of rotatable bonds is 19. The van der Waals surface area contributed by atoms with Crippen molar-refractivity contribution in [2.24, 2.45) is 22.4 Å². The number of carbonyl (C=O) groups is 5. The molecule has 0 spiro atoms. The summed E-state index contributed by atoms with van der Waals surface area (Å²) in [7, 11) is 0. The molecule has 12 heteroatoms. The molecule has 1 aliphatic carbocycles. The smallest absolute Gasteiger partial charge is 0.287 e. The second kappa shape index (κ2) is 18.1. The normalized spacial score (nSPS) is 18.4. The van der Waals surface area contributed by atoms with Crippen molar-refractivity contribution in [1.29, 1.82) is 0 Å². The van der Waals surface area contributed by atoms with Gasteiger partial charge in [0.2, 0.25) is 17.6 Å². The summed E-state index contributed by atoms with van der Waals surface area (Å²) in [6.07, 6.45) is 3.17. The van der Waals surface area contributed by atoms with Crippen LogP contribution in [0.15, 0.2) is 65.7 Å². The first-order valence-corrected chi connectivity index (χ1v) is 16.9. The topological polar surface area (TPSA) is 197 Å². The molecule has 0 bridgehead atoms. The fourth-order valence-corrected chi connectivity index (χ4v) is 6.05. The Hall–Kier alpha value is -4.58. The summed E-state index contributed by atoms with van der Waals surface area (Å²) in [5.74, 6) is -3.05. The highest BCUT2D eigenvalue weighted by Gasteiger charge is 2.41. The molecule has 7 N–H and O–H groups in total. The Morgan fingerprint density at radius 1 is 0.875 bits per heavy atom. The van der Waals surface area contributed by atoms with Crippen molar-refractivity contribution in [3.63, 3.8) is 0 Å². The molecule has 3 amide bonds. The number of Topliss-reactive ketones (excluding diaryl/α,β-unsaturated/α-hetero) is 2. The fraction of sp³-hybridized carbons (Fsp3) is 0.500. The summed E-state index contributed by atoms with van der Waals surface area (Å²) < 4.78 is 0. The number of β-amino-alcohol motifs (C(OH)–C–C–N with tert-alkyl or cyclic N) is 1. The van der Waals surface area contributed by atoms with Gasteiger partial charge in [0.05, 0.1) is 12.1 Å². The van der Waals surface area contributed by atoms with Gasteiger partial charge in [-0.3, -0.25) is 29.0 Å². The minimum absolute atomic E-state index is 0.0126. The number of likely N-dealkylation sites (tertiary alicyclic amines) is 1. The first kappa shape index (κ1) is 36.3. The van der Waals surface area contributed by atoms with Gasteiger partial charge in [0.15, 0.2) is 11.7 Å². The van der Waals surface area contributed by atoms with Gasteiger partial charge in [-0.25, -0.2) is 0 Å². The zero-order chi connectivity index (χ0) is 34.5. The molecule has 1 aliphatic heterocycles. The molecule has 2 aliphatic rings. The number of benzene rings is 2. The molecule has 1 heterocycles. The van der Waals surface area contributed by atoms with Crippen LogP contribution in [0.5, 0.6) is 0 Å². The number of ketones is 2. The van der Waals surface area contributed by atoms with E-state index >= 15 is 0 Å². The van der Waals surface area contributed by atoms with E-state index in [2.05, 4.69) is 15.6 Å². The zero-order valence-electron chi connectivity index (χ0n) is 27.4. The number of aliphatic hydroxyl groups is 1. The molecule has 2 aromatic rings. The van der Waals surface area contributed by atoms with Crippen LogP contribution in [-0.4, -0.2) is 82.6 Å². The van der Waals surface area contributed by atoms with E-state index in [1.165, 1.54) is 4.90 Å². The fourth-order valence-electron chi connectivity index (χ4n) is 6.05. The zero-order valence-corrected chi connectivity index (χ0v) is 27.4. The highest BCUT2D eigenvalue weighted by molar-refractivity contribution is 6.37. The van der Waals surface area contributed by atoms with E-state index < -0.39 is 41.7 Å². The van der Waals surface area contributed by atoms with E-state index in [1.807, 2.05) is 60.7 Å². The van der Waals surface area contributed by atoms with E-state index in [0.29, 0.717) is 32.1 Å². The summed E-state index contributed by atoms with van der Waals surface area (Å²) in [4.78, 5) is 71.7. The third-order valence-electron chi connectivity index (χ3n) is 8.87. The molecule has 2 fully saturated rings. The number of amides is 3. The quantitative estimate of drug-likeness (QED) is 0.0648. The number of aliphatic hydroxyl groups excluding tert-OH is 1. The Morgan fingerprint density at radius 3 is 2.15 bits per heavy atom. The average molecular weight is 661 g/mol. The number of nitrogens with two attached hydrogens (primary N) is 2. The Kier molecular flexibility index (Phi) is 13.7. The highest BCUT2D eigenvalue weighted by atomic mass is 16.3. The van der Waals surface area contributed by atoms with Crippen LogP contribution >= 0.6 is 0 Å². The summed E-state index contributed by atoms with van der Waals surface area (Å²) >= 11 is 0. The molecule has 0 aromatic heterocycles. The summed E-state index contributed by atoms with van der Waals surface area (Å²) in [5, 5.41) is 16.2. The monoisotopic (exact) mass is 660 g/mol. The van der Waals surface area contributed by atoms with Crippen molar-refractivity contribution in [3.05, 3.63) is 71.8 Å². The van der Waals surface area contributed by atoms with Crippen molar-refractivity contribution in [2.75, 3.05) is 13.1 Å². The molecule has 258 valence electrons. The van der Waals surface area contributed by atoms with Gasteiger partial charge in [-0.05, 0) is 62.5 Å². The summed E-state index contributed by atoms with van der Waals surface area (Å²) in [6, 6.07) is 17.4. The molecule has 48 heavy (non-hydrogen) atoms. The van der Waals surface area contributed by atoms with Crippen LogP contribution < -0.4 is 22.1 Å². The highest BCUT2D eigenvalue weighted by Crippen LogP contribution is 2.25. The molecular formula is C36H48N6O6. The van der Waals surface area contributed by atoms with Crippen molar-refractivity contribution < 1.29 is 29.1 Å². The van der Waals surface area contributed by atoms with Crippen molar-refractivity contribution >= 4 is 35.2 Å². The van der Waals surface area contributed by atoms with Crippen LogP contribution in [0.4, 0.5) is 0 Å². The minimum Gasteiger partial charge on any atom is -0.391 e. The first-order chi connectivity index (χ1) is 23.1. The van der Waals surface area contributed by atoms with Gasteiger partial charge < -0.3 is 32.1 Å². The average Bonchev–Trinajstić information content (AvgIpc) is 3.82.